The summed E-state index contributed by atoms with van der Waals surface area (Å²) in [5.41, 5.74) is 1.32. The van der Waals surface area contributed by atoms with Crippen LogP contribution < -0.4 is 5.32 Å². The van der Waals surface area contributed by atoms with Gasteiger partial charge in [-0.2, -0.15) is 0 Å². The number of aromatic carboxylic acids is 1. The smallest absolute Gasteiger partial charge is 0.336 e. The molecule has 1 amide bonds. The summed E-state index contributed by atoms with van der Waals surface area (Å²) in [6, 6.07) is 10.1. The zero-order valence-corrected chi connectivity index (χ0v) is 11.1. The Morgan fingerprint density at radius 2 is 1.75 bits per heavy atom. The third-order valence-electron chi connectivity index (χ3n) is 2.93. The van der Waals surface area contributed by atoms with Crippen molar-refractivity contribution in [2.24, 2.45) is 0 Å². The SMILES string of the molecule is C=C(C)CNC(=O)c1cccc2cccc(C(=O)O)c12. The molecular weight excluding hydrogens is 254 g/mol. The Bertz CT molecular complexity index is 699. The van der Waals surface area contributed by atoms with E-state index in [1.165, 1.54) is 6.07 Å². The lowest BCUT2D eigenvalue weighted by atomic mass is 9.98. The summed E-state index contributed by atoms with van der Waals surface area (Å²) in [5, 5.41) is 13.2. The minimum atomic E-state index is -1.05. The highest BCUT2D eigenvalue weighted by molar-refractivity contribution is 6.14. The lowest BCUT2D eigenvalue weighted by Gasteiger charge is -2.10. The molecule has 2 aromatic carbocycles. The molecule has 0 saturated heterocycles. The summed E-state index contributed by atoms with van der Waals surface area (Å²) < 4.78 is 0. The fraction of sp³-hybridized carbons (Fsp3) is 0.125. The molecule has 20 heavy (non-hydrogen) atoms. The highest BCUT2D eigenvalue weighted by atomic mass is 16.4. The molecule has 0 aromatic heterocycles. The van der Waals surface area contributed by atoms with Crippen LogP contribution in [0.3, 0.4) is 0 Å². The van der Waals surface area contributed by atoms with Crippen molar-refractivity contribution in [2.75, 3.05) is 6.54 Å². The Hall–Kier alpha value is -2.62. The van der Waals surface area contributed by atoms with Gasteiger partial charge in [0.2, 0.25) is 0 Å². The molecule has 0 fully saturated rings. The van der Waals surface area contributed by atoms with Crippen LogP contribution in [0.25, 0.3) is 10.8 Å². The summed E-state index contributed by atoms with van der Waals surface area (Å²) in [7, 11) is 0. The van der Waals surface area contributed by atoms with Crippen LogP contribution in [0.5, 0.6) is 0 Å². The number of rotatable bonds is 4. The molecule has 0 radical (unpaired) electrons. The lowest BCUT2D eigenvalue weighted by Crippen LogP contribution is -2.25. The number of carboxylic acids is 1. The van der Waals surface area contributed by atoms with Crippen molar-refractivity contribution in [3.05, 3.63) is 59.7 Å². The monoisotopic (exact) mass is 269 g/mol. The summed E-state index contributed by atoms with van der Waals surface area (Å²) in [6.45, 7) is 5.90. The normalized spacial score (nSPS) is 10.2. The van der Waals surface area contributed by atoms with Crippen LogP contribution in [0.15, 0.2) is 48.6 Å². The van der Waals surface area contributed by atoms with E-state index >= 15 is 0 Å². The first-order valence-electron chi connectivity index (χ1n) is 6.18. The molecule has 0 heterocycles. The maximum absolute atomic E-state index is 12.2. The third kappa shape index (κ3) is 2.69. The molecule has 2 N–H and O–H groups in total. The molecule has 2 aromatic rings. The van der Waals surface area contributed by atoms with Crippen LogP contribution in [0, 0.1) is 0 Å². The Balaban J connectivity index is 2.55. The zero-order valence-electron chi connectivity index (χ0n) is 11.1. The Labute approximate surface area is 116 Å². The minimum absolute atomic E-state index is 0.128. The van der Waals surface area contributed by atoms with Gasteiger partial charge < -0.3 is 10.4 Å². The fourth-order valence-corrected chi connectivity index (χ4v) is 2.03. The van der Waals surface area contributed by atoms with E-state index in [2.05, 4.69) is 11.9 Å². The predicted molar refractivity (Wildman–Crippen MR) is 78.1 cm³/mol. The second-order valence-electron chi connectivity index (χ2n) is 4.65. The summed E-state index contributed by atoms with van der Waals surface area (Å²) in [6.07, 6.45) is 0. The number of fused-ring (bicyclic) bond motifs is 1. The molecule has 0 aliphatic heterocycles. The lowest BCUT2D eigenvalue weighted by molar-refractivity contribution is 0.0699. The zero-order chi connectivity index (χ0) is 14.7. The van der Waals surface area contributed by atoms with E-state index in [4.69, 9.17) is 0 Å². The molecule has 102 valence electrons. The molecule has 0 spiro atoms. The van der Waals surface area contributed by atoms with E-state index in [9.17, 15) is 14.7 Å². The molecule has 0 atom stereocenters. The second kappa shape index (κ2) is 5.57. The molecule has 2 rings (SSSR count). The van der Waals surface area contributed by atoms with Gasteiger partial charge in [0.05, 0.1) is 5.56 Å². The molecule has 0 bridgehead atoms. The maximum Gasteiger partial charge on any atom is 0.336 e. The van der Waals surface area contributed by atoms with Crippen molar-refractivity contribution >= 4 is 22.6 Å². The standard InChI is InChI=1S/C16H15NO3/c1-10(2)9-17-15(18)12-7-3-5-11-6-4-8-13(14(11)12)16(19)20/h3-8H,1,9H2,2H3,(H,17,18)(H,19,20). The van der Waals surface area contributed by atoms with Crippen LogP contribution in [-0.2, 0) is 0 Å². The Kier molecular flexibility index (Phi) is 3.84. The van der Waals surface area contributed by atoms with Crippen molar-refractivity contribution in [2.45, 2.75) is 6.92 Å². The van der Waals surface area contributed by atoms with Gasteiger partial charge in [0, 0.05) is 17.5 Å². The van der Waals surface area contributed by atoms with Gasteiger partial charge in [0.1, 0.15) is 0 Å². The van der Waals surface area contributed by atoms with E-state index in [1.54, 1.807) is 30.3 Å². The highest BCUT2D eigenvalue weighted by Gasteiger charge is 2.15. The third-order valence-corrected chi connectivity index (χ3v) is 2.93. The van der Waals surface area contributed by atoms with Crippen LogP contribution in [0.1, 0.15) is 27.6 Å². The second-order valence-corrected chi connectivity index (χ2v) is 4.65. The van der Waals surface area contributed by atoms with Gasteiger partial charge in [-0.15, -0.1) is 0 Å². The quantitative estimate of drug-likeness (QED) is 0.839. The number of hydrogen-bond donors (Lipinski definition) is 2. The van der Waals surface area contributed by atoms with Gasteiger partial charge in [0.25, 0.3) is 5.91 Å². The van der Waals surface area contributed by atoms with Crippen LogP contribution in [-0.4, -0.2) is 23.5 Å². The van der Waals surface area contributed by atoms with Crippen molar-refractivity contribution in [3.8, 4) is 0 Å². The van der Waals surface area contributed by atoms with Crippen LogP contribution in [0.2, 0.25) is 0 Å². The van der Waals surface area contributed by atoms with E-state index in [0.717, 1.165) is 11.0 Å². The summed E-state index contributed by atoms with van der Waals surface area (Å²) >= 11 is 0. The predicted octanol–water partition coefficient (Wildman–Crippen LogP) is 2.84. The van der Waals surface area contributed by atoms with Gasteiger partial charge in [-0.3, -0.25) is 4.79 Å². The minimum Gasteiger partial charge on any atom is -0.478 e. The Morgan fingerprint density at radius 1 is 1.15 bits per heavy atom. The van der Waals surface area contributed by atoms with Crippen LogP contribution in [0.4, 0.5) is 0 Å². The topological polar surface area (TPSA) is 66.4 Å². The van der Waals surface area contributed by atoms with E-state index < -0.39 is 5.97 Å². The fourth-order valence-electron chi connectivity index (χ4n) is 2.03. The highest BCUT2D eigenvalue weighted by Crippen LogP contribution is 2.23. The number of carbonyl (C=O) groups is 2. The first-order chi connectivity index (χ1) is 9.50. The molecule has 4 nitrogen and oxygen atoms in total. The molecular formula is C16H15NO3. The average molecular weight is 269 g/mol. The van der Waals surface area contributed by atoms with E-state index in [0.29, 0.717) is 17.5 Å². The number of benzene rings is 2. The van der Waals surface area contributed by atoms with E-state index in [1.807, 2.05) is 6.92 Å². The first-order valence-corrected chi connectivity index (χ1v) is 6.18. The van der Waals surface area contributed by atoms with Crippen molar-refractivity contribution in [1.82, 2.24) is 5.32 Å². The van der Waals surface area contributed by atoms with Gasteiger partial charge in [-0.05, 0) is 24.4 Å². The first kappa shape index (κ1) is 13.8. The van der Waals surface area contributed by atoms with Gasteiger partial charge in [0.15, 0.2) is 0 Å². The number of hydrogen-bond acceptors (Lipinski definition) is 2. The number of nitrogens with one attached hydrogen (secondary N) is 1. The number of carboxylic acid groups (broad SMARTS) is 1. The van der Waals surface area contributed by atoms with Gasteiger partial charge in [-0.1, -0.05) is 36.4 Å². The Morgan fingerprint density at radius 3 is 2.30 bits per heavy atom. The summed E-state index contributed by atoms with van der Waals surface area (Å²) in [5.74, 6) is -1.34. The molecule has 0 saturated carbocycles. The van der Waals surface area contributed by atoms with Gasteiger partial charge in [-0.25, -0.2) is 4.79 Å². The summed E-state index contributed by atoms with van der Waals surface area (Å²) in [4.78, 5) is 23.5. The number of amides is 1. The average Bonchev–Trinajstić information content (AvgIpc) is 2.43. The molecule has 0 aliphatic rings. The molecule has 0 unspecified atom stereocenters. The van der Waals surface area contributed by atoms with Gasteiger partial charge >= 0.3 is 5.97 Å². The van der Waals surface area contributed by atoms with Crippen LogP contribution >= 0.6 is 0 Å². The molecule has 0 aliphatic carbocycles. The van der Waals surface area contributed by atoms with E-state index in [-0.39, 0.29) is 11.5 Å². The largest absolute Gasteiger partial charge is 0.478 e. The van der Waals surface area contributed by atoms with Crippen molar-refractivity contribution in [1.29, 1.82) is 0 Å². The molecule has 4 heteroatoms. The van der Waals surface area contributed by atoms with Crippen molar-refractivity contribution in [3.63, 3.8) is 0 Å². The number of carbonyl (C=O) groups excluding carboxylic acids is 1. The maximum atomic E-state index is 12.2. The van der Waals surface area contributed by atoms with Crippen molar-refractivity contribution < 1.29 is 14.7 Å².